The molecule has 0 bridgehead atoms. The molecule has 0 saturated heterocycles. The van der Waals surface area contributed by atoms with Crippen LogP contribution in [0.5, 0.6) is 0 Å². The molecule has 28 heavy (non-hydrogen) atoms. The molecule has 150 valence electrons. The highest BCUT2D eigenvalue weighted by Crippen LogP contribution is 2.38. The molecule has 1 heterocycles. The summed E-state index contributed by atoms with van der Waals surface area (Å²) in [7, 11) is -2.26. The number of benzene rings is 2. The molecule has 0 aromatic heterocycles. The van der Waals surface area contributed by atoms with E-state index in [1.165, 1.54) is 28.2 Å². The number of amides is 1. The normalized spacial score (nSPS) is 13.9. The van der Waals surface area contributed by atoms with Crippen molar-refractivity contribution in [1.82, 2.24) is 5.32 Å². The van der Waals surface area contributed by atoms with Gasteiger partial charge in [-0.25, -0.2) is 12.8 Å². The van der Waals surface area contributed by atoms with E-state index in [0.29, 0.717) is 36.6 Å². The van der Waals surface area contributed by atoms with E-state index >= 15 is 0 Å². The summed E-state index contributed by atoms with van der Waals surface area (Å²) in [5.41, 5.74) is 0.850. The molecule has 2 aromatic carbocycles. The van der Waals surface area contributed by atoms with Gasteiger partial charge in [-0.15, -0.1) is 11.8 Å². The van der Waals surface area contributed by atoms with Gasteiger partial charge in [-0.3, -0.25) is 9.10 Å². The van der Waals surface area contributed by atoms with Crippen molar-refractivity contribution in [2.75, 3.05) is 36.9 Å². The van der Waals surface area contributed by atoms with E-state index < -0.39 is 15.8 Å². The summed E-state index contributed by atoms with van der Waals surface area (Å²) in [6.07, 6.45) is 0.689. The number of nitrogens with zero attached hydrogens (tertiary/aromatic N) is 1. The van der Waals surface area contributed by atoms with Crippen LogP contribution in [0.3, 0.4) is 0 Å². The molecule has 0 unspecified atom stereocenters. The second-order valence-electron chi connectivity index (χ2n) is 6.16. The summed E-state index contributed by atoms with van der Waals surface area (Å²) in [6.45, 7) is 1.29. The van der Waals surface area contributed by atoms with Crippen LogP contribution in [0.2, 0.25) is 0 Å². The van der Waals surface area contributed by atoms with Crippen molar-refractivity contribution in [3.05, 3.63) is 53.8 Å². The van der Waals surface area contributed by atoms with E-state index in [-0.39, 0.29) is 17.3 Å². The van der Waals surface area contributed by atoms with Gasteiger partial charge in [-0.05, 0) is 48.9 Å². The Morgan fingerprint density at radius 3 is 2.71 bits per heavy atom. The number of hydrogen-bond acceptors (Lipinski definition) is 5. The lowest BCUT2D eigenvalue weighted by Gasteiger charge is -2.30. The molecule has 2 aromatic rings. The average Bonchev–Trinajstić information content (AvgIpc) is 2.70. The largest absolute Gasteiger partial charge is 0.385 e. The Labute approximate surface area is 168 Å². The Kier molecular flexibility index (Phi) is 6.58. The number of sulfonamides is 1. The number of fused-ring (bicyclic) bond motifs is 1. The van der Waals surface area contributed by atoms with Gasteiger partial charge in [0.15, 0.2) is 0 Å². The van der Waals surface area contributed by atoms with E-state index in [4.69, 9.17) is 4.74 Å². The highest BCUT2D eigenvalue weighted by Gasteiger charge is 2.30. The number of nitrogens with one attached hydrogen (secondary N) is 1. The van der Waals surface area contributed by atoms with Crippen LogP contribution in [0.15, 0.2) is 52.3 Å². The van der Waals surface area contributed by atoms with Gasteiger partial charge >= 0.3 is 0 Å². The number of ether oxygens (including phenoxy) is 1. The van der Waals surface area contributed by atoms with Gasteiger partial charge in [0.05, 0.1) is 10.6 Å². The third-order valence-corrected chi connectivity index (χ3v) is 7.12. The first-order chi connectivity index (χ1) is 13.4. The van der Waals surface area contributed by atoms with Gasteiger partial charge in [-0.2, -0.15) is 0 Å². The minimum absolute atomic E-state index is 0.0150. The number of anilines is 1. The molecule has 1 aliphatic rings. The van der Waals surface area contributed by atoms with Gasteiger partial charge in [-0.1, -0.05) is 0 Å². The Morgan fingerprint density at radius 2 is 2.00 bits per heavy atom. The van der Waals surface area contributed by atoms with Crippen molar-refractivity contribution in [3.63, 3.8) is 0 Å². The molecular weight excluding hydrogens is 403 g/mol. The fourth-order valence-corrected chi connectivity index (χ4v) is 5.46. The SMILES string of the molecule is COCCCNC(=O)c1ccc2c(c1)N(S(=O)(=O)c1ccc(F)cc1)CCS2. The van der Waals surface area contributed by atoms with E-state index in [0.717, 1.165) is 17.0 Å². The Balaban J connectivity index is 1.88. The van der Waals surface area contributed by atoms with Crippen molar-refractivity contribution in [2.45, 2.75) is 16.2 Å². The predicted molar refractivity (Wildman–Crippen MR) is 107 cm³/mol. The maximum atomic E-state index is 13.2. The smallest absolute Gasteiger partial charge is 0.264 e. The zero-order chi connectivity index (χ0) is 20.1. The number of halogens is 1. The molecule has 6 nitrogen and oxygen atoms in total. The van der Waals surface area contributed by atoms with Crippen LogP contribution in [0.25, 0.3) is 0 Å². The second kappa shape index (κ2) is 8.93. The number of carbonyl (C=O) groups excluding carboxylic acids is 1. The summed E-state index contributed by atoms with van der Waals surface area (Å²) in [5, 5.41) is 2.80. The molecule has 0 saturated carbocycles. The molecule has 0 fully saturated rings. The minimum atomic E-state index is -3.85. The zero-order valence-electron chi connectivity index (χ0n) is 15.4. The van der Waals surface area contributed by atoms with E-state index in [1.807, 2.05) is 0 Å². The lowest BCUT2D eigenvalue weighted by molar-refractivity contribution is 0.0948. The van der Waals surface area contributed by atoms with Crippen molar-refractivity contribution < 1.29 is 22.3 Å². The first-order valence-electron chi connectivity index (χ1n) is 8.76. The molecule has 1 aliphatic heterocycles. The zero-order valence-corrected chi connectivity index (χ0v) is 17.0. The molecule has 1 N–H and O–H groups in total. The number of rotatable bonds is 7. The van der Waals surface area contributed by atoms with Crippen LogP contribution < -0.4 is 9.62 Å². The van der Waals surface area contributed by atoms with Crippen molar-refractivity contribution in [2.24, 2.45) is 0 Å². The lowest BCUT2D eigenvalue weighted by Crippen LogP contribution is -2.36. The standard InChI is InChI=1S/C19H21FN2O4S2/c1-26-11-2-9-21-19(23)14-3-8-18-17(13-14)22(10-12-27-18)28(24,25)16-6-4-15(20)5-7-16/h3-8,13H,2,9-12H2,1H3,(H,21,23). The van der Waals surface area contributed by atoms with Crippen LogP contribution in [-0.2, 0) is 14.8 Å². The third kappa shape index (κ3) is 4.48. The number of thioether (sulfide) groups is 1. The molecule has 3 rings (SSSR count). The van der Waals surface area contributed by atoms with Gasteiger partial charge in [0.25, 0.3) is 15.9 Å². The molecule has 0 atom stereocenters. The van der Waals surface area contributed by atoms with Crippen molar-refractivity contribution in [1.29, 1.82) is 0 Å². The monoisotopic (exact) mass is 424 g/mol. The van der Waals surface area contributed by atoms with E-state index in [2.05, 4.69) is 5.32 Å². The summed E-state index contributed by atoms with van der Waals surface area (Å²) in [5.74, 6) is -0.176. The number of carbonyl (C=O) groups is 1. The van der Waals surface area contributed by atoms with Crippen LogP contribution in [0, 0.1) is 5.82 Å². The fourth-order valence-electron chi connectivity index (χ4n) is 2.84. The average molecular weight is 425 g/mol. The maximum Gasteiger partial charge on any atom is 0.264 e. The minimum Gasteiger partial charge on any atom is -0.385 e. The Morgan fingerprint density at radius 1 is 1.25 bits per heavy atom. The van der Waals surface area contributed by atoms with E-state index in [1.54, 1.807) is 25.3 Å². The third-order valence-electron chi connectivity index (χ3n) is 4.25. The van der Waals surface area contributed by atoms with Gasteiger partial charge in [0.1, 0.15) is 5.82 Å². The highest BCUT2D eigenvalue weighted by atomic mass is 32.2. The summed E-state index contributed by atoms with van der Waals surface area (Å²) < 4.78 is 45.6. The quantitative estimate of drug-likeness (QED) is 0.692. The van der Waals surface area contributed by atoms with Crippen LogP contribution >= 0.6 is 11.8 Å². The van der Waals surface area contributed by atoms with Crippen LogP contribution in [0.4, 0.5) is 10.1 Å². The lowest BCUT2D eigenvalue weighted by atomic mass is 10.2. The highest BCUT2D eigenvalue weighted by molar-refractivity contribution is 8.00. The molecule has 0 spiro atoms. The Bertz CT molecular complexity index is 949. The van der Waals surface area contributed by atoms with Gasteiger partial charge in [0, 0.05) is 43.0 Å². The Hall–Kier alpha value is -2.10. The molecular formula is C19H21FN2O4S2. The summed E-state index contributed by atoms with van der Waals surface area (Å²) >= 11 is 1.54. The molecule has 0 radical (unpaired) electrons. The summed E-state index contributed by atoms with van der Waals surface area (Å²) in [6, 6.07) is 9.78. The molecule has 1 amide bonds. The maximum absolute atomic E-state index is 13.2. The number of methoxy groups -OCH3 is 1. The molecule has 9 heteroatoms. The first kappa shape index (κ1) is 20.6. The fraction of sp³-hybridized carbons (Fsp3) is 0.316. The second-order valence-corrected chi connectivity index (χ2v) is 9.16. The van der Waals surface area contributed by atoms with Crippen molar-refractivity contribution in [3.8, 4) is 0 Å². The predicted octanol–water partition coefficient (Wildman–Crippen LogP) is 2.89. The van der Waals surface area contributed by atoms with E-state index in [9.17, 15) is 17.6 Å². The molecule has 0 aliphatic carbocycles. The summed E-state index contributed by atoms with van der Waals surface area (Å²) in [4.78, 5) is 13.2. The van der Waals surface area contributed by atoms with Crippen LogP contribution in [0.1, 0.15) is 16.8 Å². The van der Waals surface area contributed by atoms with Crippen molar-refractivity contribution >= 4 is 33.4 Å². The van der Waals surface area contributed by atoms with Gasteiger partial charge < -0.3 is 10.1 Å². The first-order valence-corrected chi connectivity index (χ1v) is 11.2. The topological polar surface area (TPSA) is 75.7 Å². The number of hydrogen-bond donors (Lipinski definition) is 1. The van der Waals surface area contributed by atoms with Crippen LogP contribution in [-0.4, -0.2) is 46.9 Å². The van der Waals surface area contributed by atoms with Gasteiger partial charge in [0.2, 0.25) is 0 Å².